The van der Waals surface area contributed by atoms with E-state index in [1.165, 1.54) is 0 Å². The van der Waals surface area contributed by atoms with Crippen LogP contribution in [0.1, 0.15) is 23.7 Å². The van der Waals surface area contributed by atoms with Crippen LogP contribution in [0.15, 0.2) is 24.3 Å². The molecule has 0 radical (unpaired) electrons. The zero-order valence-corrected chi connectivity index (χ0v) is 10.2. The van der Waals surface area contributed by atoms with Crippen LogP contribution in [0.25, 0.3) is 0 Å². The van der Waals surface area contributed by atoms with Crippen molar-refractivity contribution in [2.75, 3.05) is 6.54 Å². The summed E-state index contributed by atoms with van der Waals surface area (Å²) in [7, 11) is 0. The van der Waals surface area contributed by atoms with E-state index in [0.29, 0.717) is 13.0 Å². The number of rotatable bonds is 3. The van der Waals surface area contributed by atoms with Crippen LogP contribution in [0, 0.1) is 0 Å². The lowest BCUT2D eigenvalue weighted by Gasteiger charge is -2.18. The molecule has 4 nitrogen and oxygen atoms in total. The minimum absolute atomic E-state index is 0. The number of aliphatic hydroxyl groups is 3. The molecule has 1 heterocycles. The molecule has 0 spiro atoms. The molecule has 0 aliphatic carbocycles. The molecule has 1 unspecified atom stereocenters. The first-order chi connectivity index (χ1) is 7.70. The Morgan fingerprint density at radius 3 is 2.41 bits per heavy atom. The van der Waals surface area contributed by atoms with E-state index >= 15 is 0 Å². The van der Waals surface area contributed by atoms with Gasteiger partial charge in [0.1, 0.15) is 0 Å². The SMILES string of the molecule is Cl.OCc1ccc(C(O)[C@@H]2C[C@@H](O)CN2)cc1. The fraction of sp³-hybridized carbons (Fsp3) is 0.500. The van der Waals surface area contributed by atoms with E-state index in [1.54, 1.807) is 12.1 Å². The first-order valence-electron chi connectivity index (χ1n) is 5.50. The lowest BCUT2D eigenvalue weighted by molar-refractivity contribution is 0.125. The van der Waals surface area contributed by atoms with Crippen molar-refractivity contribution in [1.82, 2.24) is 5.32 Å². The quantitative estimate of drug-likeness (QED) is 0.632. The van der Waals surface area contributed by atoms with Crippen LogP contribution in [-0.2, 0) is 6.61 Å². The van der Waals surface area contributed by atoms with Gasteiger partial charge in [0.2, 0.25) is 0 Å². The van der Waals surface area contributed by atoms with E-state index in [0.717, 1.165) is 11.1 Å². The second-order valence-electron chi connectivity index (χ2n) is 4.25. The Balaban J connectivity index is 0.00000144. The zero-order valence-electron chi connectivity index (χ0n) is 9.41. The summed E-state index contributed by atoms with van der Waals surface area (Å²) < 4.78 is 0. The Morgan fingerprint density at radius 1 is 1.29 bits per heavy atom. The Morgan fingerprint density at radius 2 is 1.94 bits per heavy atom. The first-order valence-corrected chi connectivity index (χ1v) is 5.50. The third kappa shape index (κ3) is 3.40. The molecule has 1 fully saturated rings. The molecule has 0 aromatic heterocycles. The molecule has 17 heavy (non-hydrogen) atoms. The molecule has 1 aromatic carbocycles. The van der Waals surface area contributed by atoms with Gasteiger partial charge in [0.05, 0.1) is 18.8 Å². The van der Waals surface area contributed by atoms with E-state index in [4.69, 9.17) is 5.11 Å². The van der Waals surface area contributed by atoms with E-state index < -0.39 is 6.10 Å². The lowest BCUT2D eigenvalue weighted by atomic mass is 9.99. The standard InChI is InChI=1S/C12H17NO3.ClH/c14-7-8-1-3-9(4-2-8)12(16)11-5-10(15)6-13-11;/h1-4,10-16H,5-7H2;1H/t10-,11+,12?;/m1./s1. The van der Waals surface area contributed by atoms with E-state index in [2.05, 4.69) is 5.32 Å². The zero-order chi connectivity index (χ0) is 11.5. The minimum Gasteiger partial charge on any atom is -0.392 e. The number of nitrogens with one attached hydrogen (secondary N) is 1. The fourth-order valence-electron chi connectivity index (χ4n) is 2.04. The third-order valence-corrected chi connectivity index (χ3v) is 3.03. The Hall–Kier alpha value is -0.650. The van der Waals surface area contributed by atoms with Gasteiger partial charge in [-0.3, -0.25) is 0 Å². The van der Waals surface area contributed by atoms with Gasteiger partial charge >= 0.3 is 0 Å². The van der Waals surface area contributed by atoms with Gasteiger partial charge in [0.25, 0.3) is 0 Å². The van der Waals surface area contributed by atoms with Crippen molar-refractivity contribution in [1.29, 1.82) is 0 Å². The molecule has 4 N–H and O–H groups in total. The highest BCUT2D eigenvalue weighted by Crippen LogP contribution is 2.23. The molecule has 1 saturated heterocycles. The lowest BCUT2D eigenvalue weighted by Crippen LogP contribution is -2.28. The van der Waals surface area contributed by atoms with Gasteiger partial charge in [-0.2, -0.15) is 0 Å². The summed E-state index contributed by atoms with van der Waals surface area (Å²) in [5.41, 5.74) is 1.64. The second kappa shape index (κ2) is 6.33. The Labute approximate surface area is 107 Å². The average Bonchev–Trinajstić information content (AvgIpc) is 2.75. The summed E-state index contributed by atoms with van der Waals surface area (Å²) in [6.45, 7) is 0.549. The largest absolute Gasteiger partial charge is 0.392 e. The normalized spacial score (nSPS) is 25.4. The first kappa shape index (κ1) is 14.4. The number of benzene rings is 1. The molecule has 3 atom stereocenters. The highest BCUT2D eigenvalue weighted by Gasteiger charge is 2.28. The summed E-state index contributed by atoms with van der Waals surface area (Å²) in [6, 6.07) is 7.12. The highest BCUT2D eigenvalue weighted by molar-refractivity contribution is 5.85. The van der Waals surface area contributed by atoms with Gasteiger partial charge in [-0.25, -0.2) is 0 Å². The number of β-amino-alcohol motifs (C(OH)–C–C–N with tert-alkyl or cyclic N) is 1. The van der Waals surface area contributed by atoms with Crippen molar-refractivity contribution in [3.05, 3.63) is 35.4 Å². The Bertz CT molecular complexity index is 344. The maximum absolute atomic E-state index is 10.1. The minimum atomic E-state index is -0.607. The van der Waals surface area contributed by atoms with Crippen molar-refractivity contribution in [3.8, 4) is 0 Å². The summed E-state index contributed by atoms with van der Waals surface area (Å²) in [6.07, 6.45) is -0.399. The summed E-state index contributed by atoms with van der Waals surface area (Å²) in [4.78, 5) is 0. The van der Waals surface area contributed by atoms with Crippen LogP contribution in [0.4, 0.5) is 0 Å². The molecule has 5 heteroatoms. The molecule has 1 aliphatic heterocycles. The van der Waals surface area contributed by atoms with Crippen molar-refractivity contribution in [3.63, 3.8) is 0 Å². The molecule has 1 aliphatic rings. The van der Waals surface area contributed by atoms with Crippen molar-refractivity contribution >= 4 is 12.4 Å². The fourth-order valence-corrected chi connectivity index (χ4v) is 2.04. The average molecular weight is 260 g/mol. The maximum atomic E-state index is 10.1. The van der Waals surface area contributed by atoms with Gasteiger partial charge < -0.3 is 20.6 Å². The van der Waals surface area contributed by atoms with Crippen molar-refractivity contribution < 1.29 is 15.3 Å². The van der Waals surface area contributed by atoms with Crippen LogP contribution in [0.5, 0.6) is 0 Å². The third-order valence-electron chi connectivity index (χ3n) is 3.03. The van der Waals surface area contributed by atoms with Crippen LogP contribution in [0.3, 0.4) is 0 Å². The van der Waals surface area contributed by atoms with Crippen LogP contribution in [0.2, 0.25) is 0 Å². The number of hydrogen-bond acceptors (Lipinski definition) is 4. The van der Waals surface area contributed by atoms with Crippen LogP contribution in [-0.4, -0.2) is 34.0 Å². The molecule has 2 rings (SSSR count). The van der Waals surface area contributed by atoms with Crippen molar-refractivity contribution in [2.24, 2.45) is 0 Å². The van der Waals surface area contributed by atoms with E-state index in [9.17, 15) is 10.2 Å². The Kier molecular flexibility index (Phi) is 5.36. The molecular weight excluding hydrogens is 242 g/mol. The second-order valence-corrected chi connectivity index (χ2v) is 4.25. The van der Waals surface area contributed by atoms with Gasteiger partial charge in [-0.05, 0) is 17.5 Å². The number of halogens is 1. The molecule has 0 amide bonds. The summed E-state index contributed by atoms with van der Waals surface area (Å²) in [5, 5.41) is 31.4. The summed E-state index contributed by atoms with van der Waals surface area (Å²) in [5.74, 6) is 0. The number of hydrogen-bond donors (Lipinski definition) is 4. The summed E-state index contributed by atoms with van der Waals surface area (Å²) >= 11 is 0. The maximum Gasteiger partial charge on any atom is 0.0943 e. The van der Waals surface area contributed by atoms with Gasteiger partial charge in [0.15, 0.2) is 0 Å². The molecule has 0 bridgehead atoms. The molecule has 0 saturated carbocycles. The van der Waals surface area contributed by atoms with Gasteiger partial charge in [0, 0.05) is 12.6 Å². The highest BCUT2D eigenvalue weighted by atomic mass is 35.5. The molecular formula is C12H18ClNO3. The topological polar surface area (TPSA) is 72.7 Å². The van der Waals surface area contributed by atoms with Crippen LogP contribution >= 0.6 is 12.4 Å². The predicted octanol–water partition coefficient (Wildman–Crippen LogP) is 0.357. The monoisotopic (exact) mass is 259 g/mol. The van der Waals surface area contributed by atoms with Gasteiger partial charge in [-0.1, -0.05) is 24.3 Å². The van der Waals surface area contributed by atoms with Crippen LogP contribution < -0.4 is 5.32 Å². The number of aliphatic hydroxyl groups excluding tert-OH is 3. The van der Waals surface area contributed by atoms with E-state index in [1.807, 2.05) is 12.1 Å². The van der Waals surface area contributed by atoms with Gasteiger partial charge in [-0.15, -0.1) is 12.4 Å². The smallest absolute Gasteiger partial charge is 0.0943 e. The van der Waals surface area contributed by atoms with E-state index in [-0.39, 0.29) is 31.2 Å². The van der Waals surface area contributed by atoms with Crippen molar-refractivity contribution in [2.45, 2.75) is 31.3 Å². The predicted molar refractivity (Wildman–Crippen MR) is 67.0 cm³/mol. The molecule has 96 valence electrons. The molecule has 1 aromatic rings.